The van der Waals surface area contributed by atoms with Gasteiger partial charge in [-0.1, -0.05) is 18.2 Å². The number of para-hydroxylation sites is 1. The Kier molecular flexibility index (Phi) is 3.69. The first kappa shape index (κ1) is 12.7. The maximum absolute atomic E-state index is 9.38. The van der Waals surface area contributed by atoms with Crippen molar-refractivity contribution in [3.8, 4) is 6.07 Å². The smallest absolute Gasteiger partial charge is 0.0745 e. The zero-order valence-corrected chi connectivity index (χ0v) is 11.2. The largest absolute Gasteiger partial charge is 0.350 e. The fourth-order valence-electron chi connectivity index (χ4n) is 2.33. The highest BCUT2D eigenvalue weighted by Gasteiger charge is 2.16. The number of nitriles is 1. The highest BCUT2D eigenvalue weighted by molar-refractivity contribution is 5.84. The highest BCUT2D eigenvalue weighted by Crippen LogP contribution is 2.28. The van der Waals surface area contributed by atoms with Gasteiger partial charge in [0.05, 0.1) is 12.0 Å². The molecule has 0 aliphatic rings. The number of aryl methyl sites for hydroxylation is 1. The molecule has 0 radical (unpaired) electrons. The molecular formula is C15H19N3. The van der Waals surface area contributed by atoms with Gasteiger partial charge in [-0.3, -0.25) is 0 Å². The van der Waals surface area contributed by atoms with E-state index in [1.807, 2.05) is 33.3 Å². The van der Waals surface area contributed by atoms with Gasteiger partial charge < -0.3 is 9.47 Å². The quantitative estimate of drug-likeness (QED) is 0.824. The van der Waals surface area contributed by atoms with Crippen LogP contribution in [-0.4, -0.2) is 30.1 Å². The second kappa shape index (κ2) is 5.24. The Hall–Kier alpha value is -1.79. The summed E-state index contributed by atoms with van der Waals surface area (Å²) in [4.78, 5) is 2.12. The van der Waals surface area contributed by atoms with Crippen molar-refractivity contribution in [3.63, 3.8) is 0 Å². The average molecular weight is 241 g/mol. The molecule has 3 nitrogen and oxygen atoms in total. The van der Waals surface area contributed by atoms with E-state index in [-0.39, 0.29) is 5.92 Å². The minimum absolute atomic E-state index is 0.0292. The lowest BCUT2D eigenvalue weighted by atomic mass is 9.96. The summed E-state index contributed by atoms with van der Waals surface area (Å²) in [6.07, 6.45) is 2.96. The number of rotatable bonds is 4. The van der Waals surface area contributed by atoms with Crippen molar-refractivity contribution in [3.05, 3.63) is 36.0 Å². The molecule has 0 amide bonds. The Balaban J connectivity index is 2.37. The van der Waals surface area contributed by atoms with Crippen molar-refractivity contribution in [1.82, 2.24) is 9.47 Å². The molecule has 18 heavy (non-hydrogen) atoms. The molecule has 0 aliphatic carbocycles. The van der Waals surface area contributed by atoms with Crippen LogP contribution in [0.15, 0.2) is 30.5 Å². The first-order valence-corrected chi connectivity index (χ1v) is 6.21. The van der Waals surface area contributed by atoms with Crippen LogP contribution in [0, 0.1) is 11.3 Å². The zero-order chi connectivity index (χ0) is 13.1. The lowest BCUT2D eigenvalue weighted by molar-refractivity contribution is 0.393. The van der Waals surface area contributed by atoms with Crippen LogP contribution >= 0.6 is 0 Å². The Morgan fingerprint density at radius 3 is 2.72 bits per heavy atom. The van der Waals surface area contributed by atoms with E-state index in [1.54, 1.807) is 0 Å². The zero-order valence-electron chi connectivity index (χ0n) is 11.2. The monoisotopic (exact) mass is 241 g/mol. The molecule has 3 heteroatoms. The van der Waals surface area contributed by atoms with Crippen molar-refractivity contribution in [1.29, 1.82) is 5.26 Å². The van der Waals surface area contributed by atoms with E-state index in [4.69, 9.17) is 0 Å². The normalized spacial score (nSPS) is 12.8. The molecule has 2 aromatic rings. The third kappa shape index (κ3) is 2.39. The summed E-state index contributed by atoms with van der Waals surface area (Å²) in [5, 5.41) is 10.6. The lowest BCUT2D eigenvalue weighted by Crippen LogP contribution is -2.15. The molecule has 1 heterocycles. The first-order chi connectivity index (χ1) is 8.63. The molecule has 0 saturated carbocycles. The molecule has 2 rings (SSSR count). The van der Waals surface area contributed by atoms with E-state index in [9.17, 15) is 5.26 Å². The van der Waals surface area contributed by atoms with E-state index in [0.29, 0.717) is 0 Å². The molecule has 1 aromatic heterocycles. The average Bonchev–Trinajstić information content (AvgIpc) is 2.68. The number of benzene rings is 1. The fraction of sp³-hybridized carbons (Fsp3) is 0.400. The van der Waals surface area contributed by atoms with Crippen LogP contribution in [0.5, 0.6) is 0 Å². The molecule has 1 aromatic carbocycles. The van der Waals surface area contributed by atoms with Gasteiger partial charge in [0.15, 0.2) is 0 Å². The van der Waals surface area contributed by atoms with E-state index >= 15 is 0 Å². The van der Waals surface area contributed by atoms with Crippen LogP contribution < -0.4 is 0 Å². The van der Waals surface area contributed by atoms with Crippen LogP contribution in [0.2, 0.25) is 0 Å². The molecular weight excluding hydrogens is 222 g/mol. The van der Waals surface area contributed by atoms with Crippen LogP contribution in [-0.2, 0) is 7.05 Å². The van der Waals surface area contributed by atoms with Crippen LogP contribution in [0.3, 0.4) is 0 Å². The van der Waals surface area contributed by atoms with Gasteiger partial charge in [0.2, 0.25) is 0 Å². The van der Waals surface area contributed by atoms with Gasteiger partial charge >= 0.3 is 0 Å². The summed E-state index contributed by atoms with van der Waals surface area (Å²) in [5.41, 5.74) is 2.34. The van der Waals surface area contributed by atoms with E-state index < -0.39 is 0 Å². The molecule has 0 aliphatic heterocycles. The van der Waals surface area contributed by atoms with Gasteiger partial charge in [-0.15, -0.1) is 0 Å². The van der Waals surface area contributed by atoms with Crippen LogP contribution in [0.1, 0.15) is 17.9 Å². The Labute approximate surface area is 108 Å². The number of hydrogen-bond donors (Lipinski definition) is 0. The predicted octanol–water partition coefficient (Wildman–Crippen LogP) is 2.74. The van der Waals surface area contributed by atoms with Gasteiger partial charge in [-0.25, -0.2) is 0 Å². The van der Waals surface area contributed by atoms with Crippen LogP contribution in [0.4, 0.5) is 0 Å². The summed E-state index contributed by atoms with van der Waals surface area (Å²) >= 11 is 0. The topological polar surface area (TPSA) is 32.0 Å². The van der Waals surface area contributed by atoms with Crippen molar-refractivity contribution >= 4 is 10.9 Å². The van der Waals surface area contributed by atoms with Crippen molar-refractivity contribution in [2.75, 3.05) is 20.6 Å². The van der Waals surface area contributed by atoms with Gasteiger partial charge in [0.25, 0.3) is 0 Å². The van der Waals surface area contributed by atoms with Crippen molar-refractivity contribution in [2.45, 2.75) is 12.3 Å². The summed E-state index contributed by atoms with van der Waals surface area (Å²) in [7, 11) is 6.11. The molecule has 0 saturated heterocycles. The number of nitrogens with zero attached hydrogens (tertiary/aromatic N) is 3. The summed E-state index contributed by atoms with van der Waals surface area (Å²) in [6.45, 7) is 0.932. The highest BCUT2D eigenvalue weighted by atomic mass is 15.0. The third-order valence-corrected chi connectivity index (χ3v) is 3.32. The van der Waals surface area contributed by atoms with Crippen LogP contribution in [0.25, 0.3) is 10.9 Å². The molecule has 0 spiro atoms. The number of fused-ring (bicyclic) bond motifs is 1. The molecule has 1 unspecified atom stereocenters. The SMILES string of the molecule is CN(C)CCC(C#N)c1cn(C)c2ccccc12. The molecule has 0 N–H and O–H groups in total. The Morgan fingerprint density at radius 1 is 1.33 bits per heavy atom. The second-order valence-corrected chi connectivity index (χ2v) is 4.99. The molecule has 94 valence electrons. The molecule has 0 fully saturated rings. The predicted molar refractivity (Wildman–Crippen MR) is 74.4 cm³/mol. The first-order valence-electron chi connectivity index (χ1n) is 6.21. The van der Waals surface area contributed by atoms with Gasteiger partial charge in [-0.05, 0) is 38.7 Å². The maximum atomic E-state index is 9.38. The fourth-order valence-corrected chi connectivity index (χ4v) is 2.33. The standard InChI is InChI=1S/C15H19N3/c1-17(2)9-8-12(10-16)14-11-18(3)15-7-5-4-6-13(14)15/h4-7,11-12H,8-9H2,1-3H3. The maximum Gasteiger partial charge on any atom is 0.0745 e. The second-order valence-electron chi connectivity index (χ2n) is 4.99. The lowest BCUT2D eigenvalue weighted by Gasteiger charge is -2.12. The molecule has 0 bridgehead atoms. The number of aromatic nitrogens is 1. The third-order valence-electron chi connectivity index (χ3n) is 3.32. The Bertz CT molecular complexity index is 575. The van der Waals surface area contributed by atoms with E-state index in [0.717, 1.165) is 18.5 Å². The Morgan fingerprint density at radius 2 is 2.06 bits per heavy atom. The van der Waals surface area contributed by atoms with Crippen molar-refractivity contribution < 1.29 is 0 Å². The minimum atomic E-state index is -0.0292. The molecule has 1 atom stereocenters. The van der Waals surface area contributed by atoms with E-state index in [2.05, 4.69) is 33.9 Å². The van der Waals surface area contributed by atoms with Gasteiger partial charge in [0, 0.05) is 24.1 Å². The van der Waals surface area contributed by atoms with Gasteiger partial charge in [0.1, 0.15) is 0 Å². The van der Waals surface area contributed by atoms with Crippen molar-refractivity contribution in [2.24, 2.45) is 7.05 Å². The summed E-state index contributed by atoms with van der Waals surface area (Å²) in [6, 6.07) is 10.7. The van der Waals surface area contributed by atoms with E-state index in [1.165, 1.54) is 10.9 Å². The minimum Gasteiger partial charge on any atom is -0.350 e. The summed E-state index contributed by atoms with van der Waals surface area (Å²) < 4.78 is 2.10. The summed E-state index contributed by atoms with van der Waals surface area (Å²) in [5.74, 6) is -0.0292. The van der Waals surface area contributed by atoms with Gasteiger partial charge in [-0.2, -0.15) is 5.26 Å². The number of hydrogen-bond acceptors (Lipinski definition) is 2.